The quantitative estimate of drug-likeness (QED) is 0.310. The number of sulfonamides is 1. The molecule has 4 aromatic rings. The summed E-state index contributed by atoms with van der Waals surface area (Å²) in [6.45, 7) is 0. The summed E-state index contributed by atoms with van der Waals surface area (Å²) in [7, 11) is -4.64. The van der Waals surface area contributed by atoms with Gasteiger partial charge in [0.25, 0.3) is 10.0 Å². The van der Waals surface area contributed by atoms with Crippen LogP contribution in [0.15, 0.2) is 77.1 Å². The maximum absolute atomic E-state index is 13.2. The molecule has 0 radical (unpaired) electrons. The Morgan fingerprint density at radius 3 is 2.00 bits per heavy atom. The van der Waals surface area contributed by atoms with Crippen molar-refractivity contribution < 1.29 is 34.8 Å². The van der Waals surface area contributed by atoms with E-state index < -0.39 is 44.1 Å². The molecular weight excluding hydrogens is 504 g/mol. The van der Waals surface area contributed by atoms with Crippen molar-refractivity contribution >= 4 is 27.0 Å². The van der Waals surface area contributed by atoms with Crippen LogP contribution in [0, 0.1) is 0 Å². The molecule has 0 spiro atoms. The van der Waals surface area contributed by atoms with E-state index in [1.54, 1.807) is 47.8 Å². The van der Waals surface area contributed by atoms with Gasteiger partial charge in [0.15, 0.2) is 0 Å². The highest BCUT2D eigenvalue weighted by molar-refractivity contribution is 7.92. The lowest BCUT2D eigenvalue weighted by atomic mass is 10.1. The second-order valence-corrected chi connectivity index (χ2v) is 9.60. The van der Waals surface area contributed by atoms with Gasteiger partial charge in [-0.2, -0.15) is 31.4 Å². The van der Waals surface area contributed by atoms with Crippen LogP contribution in [0.1, 0.15) is 11.1 Å². The molecule has 0 saturated heterocycles. The lowest BCUT2D eigenvalue weighted by Gasteiger charge is -2.15. The zero-order valence-electron chi connectivity index (χ0n) is 16.7. The summed E-state index contributed by atoms with van der Waals surface area (Å²) in [5, 5.41) is 5.96. The lowest BCUT2D eigenvalue weighted by molar-refractivity contribution is -0.143. The van der Waals surface area contributed by atoms with E-state index in [0.717, 1.165) is 6.20 Å². The predicted octanol–water partition coefficient (Wildman–Crippen LogP) is 6.44. The third kappa shape index (κ3) is 4.94. The van der Waals surface area contributed by atoms with Crippen molar-refractivity contribution in [2.24, 2.45) is 0 Å². The van der Waals surface area contributed by atoms with E-state index in [2.05, 4.69) is 5.10 Å². The fourth-order valence-corrected chi connectivity index (χ4v) is 5.05. The van der Waals surface area contributed by atoms with Gasteiger partial charge in [-0.3, -0.25) is 4.72 Å². The zero-order chi connectivity index (χ0) is 24.7. The van der Waals surface area contributed by atoms with Gasteiger partial charge < -0.3 is 0 Å². The summed E-state index contributed by atoms with van der Waals surface area (Å²) in [5.74, 6) is 0. The molecule has 0 fully saturated rings. The van der Waals surface area contributed by atoms with E-state index in [1.807, 2.05) is 4.72 Å². The number of halogens is 6. The number of alkyl halides is 6. The number of anilines is 1. The Bertz CT molecular complexity index is 1380. The third-order valence-electron chi connectivity index (χ3n) is 4.59. The van der Waals surface area contributed by atoms with Crippen LogP contribution in [0.5, 0.6) is 0 Å². The van der Waals surface area contributed by atoms with Crippen LogP contribution in [-0.4, -0.2) is 18.2 Å². The molecule has 0 saturated carbocycles. The average Bonchev–Trinajstić information content (AvgIpc) is 3.43. The van der Waals surface area contributed by atoms with Crippen LogP contribution in [0.25, 0.3) is 16.3 Å². The maximum atomic E-state index is 13.2. The largest absolute Gasteiger partial charge is 0.416 e. The van der Waals surface area contributed by atoms with Crippen molar-refractivity contribution in [2.45, 2.75) is 17.2 Å². The topological polar surface area (TPSA) is 64.0 Å². The van der Waals surface area contributed by atoms with E-state index in [9.17, 15) is 34.8 Å². The van der Waals surface area contributed by atoms with Crippen molar-refractivity contribution in [1.82, 2.24) is 9.78 Å². The maximum Gasteiger partial charge on any atom is 0.416 e. The molecule has 34 heavy (non-hydrogen) atoms. The van der Waals surface area contributed by atoms with Gasteiger partial charge in [-0.15, -0.1) is 11.3 Å². The monoisotopic (exact) mass is 517 g/mol. The van der Waals surface area contributed by atoms with Crippen LogP contribution in [0.4, 0.5) is 32.0 Å². The van der Waals surface area contributed by atoms with Crippen LogP contribution in [-0.2, 0) is 22.4 Å². The number of benzene rings is 2. The molecule has 2 aromatic heterocycles. The van der Waals surface area contributed by atoms with Crippen molar-refractivity contribution in [1.29, 1.82) is 0 Å². The van der Waals surface area contributed by atoms with E-state index >= 15 is 0 Å². The van der Waals surface area contributed by atoms with E-state index in [4.69, 9.17) is 0 Å². The first kappa shape index (κ1) is 23.8. The van der Waals surface area contributed by atoms with Gasteiger partial charge in [0.1, 0.15) is 10.6 Å². The number of aromatic nitrogens is 2. The number of hydrogen-bond acceptors (Lipinski definition) is 4. The van der Waals surface area contributed by atoms with Crippen LogP contribution in [0.2, 0.25) is 0 Å². The third-order valence-corrected chi connectivity index (χ3v) is 6.84. The summed E-state index contributed by atoms with van der Waals surface area (Å²) in [4.78, 5) is 0.0276. The number of nitrogens with zero attached hydrogens (tertiary/aromatic N) is 2. The molecule has 0 atom stereocenters. The molecule has 0 aliphatic carbocycles. The summed E-state index contributed by atoms with van der Waals surface area (Å²) >= 11 is 1.17. The normalized spacial score (nSPS) is 12.6. The highest BCUT2D eigenvalue weighted by Gasteiger charge is 2.37. The summed E-state index contributed by atoms with van der Waals surface area (Å²) in [6, 6.07) is 12.2. The molecule has 4 rings (SSSR count). The standard InChI is InChI=1S/C21H13F6N3O2S2/c22-20(23,24)13-9-14(21(25,26)27)11-15(10-13)29-34(31,32)18-12-30(16-5-2-1-3-6-16)28-19(18)17-7-4-8-33-17/h1-12,29H. The van der Waals surface area contributed by atoms with Gasteiger partial charge >= 0.3 is 12.4 Å². The molecule has 0 bridgehead atoms. The first-order valence-electron chi connectivity index (χ1n) is 9.36. The van der Waals surface area contributed by atoms with Crippen molar-refractivity contribution in [2.75, 3.05) is 4.72 Å². The smallest absolute Gasteiger partial charge is 0.279 e. The molecular formula is C21H13F6N3O2S2. The minimum absolute atomic E-state index is 0.00521. The van der Waals surface area contributed by atoms with E-state index in [0.29, 0.717) is 22.7 Å². The molecule has 2 aromatic carbocycles. The van der Waals surface area contributed by atoms with Gasteiger partial charge in [-0.1, -0.05) is 24.3 Å². The van der Waals surface area contributed by atoms with E-state index in [1.165, 1.54) is 16.0 Å². The average molecular weight is 517 g/mol. The lowest BCUT2D eigenvalue weighted by Crippen LogP contribution is -2.16. The molecule has 13 heteroatoms. The highest BCUT2D eigenvalue weighted by atomic mass is 32.2. The van der Waals surface area contributed by atoms with Gasteiger partial charge in [-0.25, -0.2) is 13.1 Å². The second kappa shape index (κ2) is 8.47. The Labute approximate surface area is 193 Å². The van der Waals surface area contributed by atoms with Gasteiger partial charge in [0, 0.05) is 0 Å². The summed E-state index contributed by atoms with van der Waals surface area (Å²) < 4.78 is 108. The SMILES string of the molecule is O=S(=O)(Nc1cc(C(F)(F)F)cc(C(F)(F)F)c1)c1cn(-c2ccccc2)nc1-c1cccs1. The molecule has 0 unspecified atom stereocenters. The fraction of sp³-hybridized carbons (Fsp3) is 0.0952. The Balaban J connectivity index is 1.82. The molecule has 1 N–H and O–H groups in total. The van der Waals surface area contributed by atoms with Crippen molar-refractivity contribution in [3.8, 4) is 16.3 Å². The van der Waals surface area contributed by atoms with Gasteiger partial charge in [-0.05, 0) is 41.8 Å². The molecule has 0 amide bonds. The predicted molar refractivity (Wildman–Crippen MR) is 114 cm³/mol. The number of thiophene rings is 1. The summed E-state index contributed by atoms with van der Waals surface area (Å²) in [6.07, 6.45) is -9.10. The molecule has 178 valence electrons. The number of hydrogen-bond donors (Lipinski definition) is 1. The van der Waals surface area contributed by atoms with Crippen LogP contribution < -0.4 is 4.72 Å². The molecule has 0 aliphatic heterocycles. The first-order valence-corrected chi connectivity index (χ1v) is 11.7. The van der Waals surface area contributed by atoms with Crippen LogP contribution in [0.3, 0.4) is 0 Å². The Morgan fingerprint density at radius 2 is 1.47 bits per heavy atom. The summed E-state index contributed by atoms with van der Waals surface area (Å²) in [5.41, 5.74) is -3.67. The molecule has 0 aliphatic rings. The fourth-order valence-electron chi connectivity index (χ4n) is 3.08. The number of para-hydroxylation sites is 1. The van der Waals surface area contributed by atoms with Crippen LogP contribution >= 0.6 is 11.3 Å². The molecule has 5 nitrogen and oxygen atoms in total. The first-order chi connectivity index (χ1) is 15.8. The van der Waals surface area contributed by atoms with Gasteiger partial charge in [0.2, 0.25) is 0 Å². The van der Waals surface area contributed by atoms with Crippen molar-refractivity contribution in [3.05, 3.63) is 83.4 Å². The highest BCUT2D eigenvalue weighted by Crippen LogP contribution is 2.38. The minimum Gasteiger partial charge on any atom is -0.279 e. The molecule has 2 heterocycles. The van der Waals surface area contributed by atoms with Gasteiger partial charge in [0.05, 0.1) is 33.6 Å². The van der Waals surface area contributed by atoms with E-state index in [-0.39, 0.29) is 11.8 Å². The minimum atomic E-state index is -5.12. The second-order valence-electron chi connectivity index (χ2n) is 7.00. The number of nitrogens with one attached hydrogen (secondary N) is 1. The zero-order valence-corrected chi connectivity index (χ0v) is 18.4. The van der Waals surface area contributed by atoms with Crippen molar-refractivity contribution in [3.63, 3.8) is 0 Å². The Kier molecular flexibility index (Phi) is 5.94. The number of rotatable bonds is 5. The Morgan fingerprint density at radius 1 is 0.853 bits per heavy atom. The Hall–Kier alpha value is -3.32.